The van der Waals surface area contributed by atoms with Crippen LogP contribution in [0, 0.1) is 19.1 Å². The maximum Gasteiger partial charge on any atom is 2.00 e. The van der Waals surface area contributed by atoms with Gasteiger partial charge in [0.05, 0.1) is 72.9 Å². The first-order chi connectivity index (χ1) is 49.4. The molecule has 0 aliphatic carbocycles. The molecule has 0 radical (unpaired) electrons. The molecule has 5 aromatic carbocycles. The molecular weight excluding hydrogens is 1490 g/mol. The van der Waals surface area contributed by atoms with Gasteiger partial charge in [0, 0.05) is 67.7 Å². The van der Waals surface area contributed by atoms with E-state index in [1.807, 2.05) is 91.0 Å². The average Bonchev–Trinajstić information content (AvgIpc) is 0.848. The predicted octanol–water partition coefficient (Wildman–Crippen LogP) is 7.93. The van der Waals surface area contributed by atoms with Crippen LogP contribution in [0.25, 0.3) is 6.08 Å². The van der Waals surface area contributed by atoms with Gasteiger partial charge in [-0.05, 0) is 153 Å². The van der Waals surface area contributed by atoms with Crippen molar-refractivity contribution in [2.24, 2.45) is 0 Å². The number of anilines is 5. The number of Topliss-reactive ketones (excluding diaryl/α,β-unsaturated/α-hetero) is 2. The predicted molar refractivity (Wildman–Crippen MR) is 401 cm³/mol. The quantitative estimate of drug-likeness (QED) is 0.00705. The normalized spacial score (nSPS) is 9.22. The number of carbonyl (C=O) groups excluding carboxylic acids is 7. The molecule has 0 spiro atoms. The van der Waals surface area contributed by atoms with Crippen LogP contribution in [0.3, 0.4) is 0 Å². The summed E-state index contributed by atoms with van der Waals surface area (Å²) in [5.41, 5.74) is 12.4. The molecule has 0 aliphatic heterocycles. The number of ketones is 3. The molecule has 0 unspecified atom stereocenters. The van der Waals surface area contributed by atoms with Gasteiger partial charge in [-0.3, -0.25) is 28.8 Å². The molecule has 0 fully saturated rings. The summed E-state index contributed by atoms with van der Waals surface area (Å²) in [7, 11) is 9.36. The summed E-state index contributed by atoms with van der Waals surface area (Å²) in [5, 5.41) is 24.5. The number of allylic oxidation sites excluding steroid dienone is 1. The van der Waals surface area contributed by atoms with Crippen molar-refractivity contribution in [1.82, 2.24) is 35.5 Å². The number of aromatic carboxylic acids is 1. The van der Waals surface area contributed by atoms with Crippen LogP contribution < -0.4 is 68.9 Å². The van der Waals surface area contributed by atoms with Crippen LogP contribution in [0.15, 0.2) is 225 Å². The van der Waals surface area contributed by atoms with Crippen molar-refractivity contribution in [3.8, 4) is 0 Å². The Hall–Kier alpha value is -9.82. The molecule has 0 atom stereocenters. The van der Waals surface area contributed by atoms with Gasteiger partial charge >= 0.3 is 70.5 Å². The monoisotopic (exact) mass is 1560 g/mol. The number of ether oxygens (including phenoxy) is 2. The molecule has 5 aromatic heterocycles. The summed E-state index contributed by atoms with van der Waals surface area (Å²) in [5.74, 6) is -3.36. The number of aldehydes is 1. The number of aromatic nitrogens is 5. The summed E-state index contributed by atoms with van der Waals surface area (Å²) >= 11 is 16.7. The molecule has 10 rings (SSSR count). The Morgan fingerprint density at radius 3 is 1.21 bits per heavy atom. The zero-order valence-electron chi connectivity index (χ0n) is 60.0. The average molecular weight is 1570 g/mol. The third kappa shape index (κ3) is 38.3. The smallest absolute Gasteiger partial charge is 1.00 e. The van der Waals surface area contributed by atoms with Crippen molar-refractivity contribution in [3.63, 3.8) is 0 Å². The van der Waals surface area contributed by atoms with Gasteiger partial charge < -0.3 is 60.7 Å². The Bertz CT molecular complexity index is 4310. The van der Waals surface area contributed by atoms with E-state index in [0.717, 1.165) is 41.4 Å². The first-order valence-corrected chi connectivity index (χ1v) is 30.9. The molecule has 0 aliphatic rings. The minimum atomic E-state index is -1.06. The zero-order valence-corrected chi connectivity index (χ0v) is 66.4. The number of para-hydroxylation sites is 3. The summed E-state index contributed by atoms with van der Waals surface area (Å²) in [6.07, 6.45) is 10.8. The third-order valence-electron chi connectivity index (χ3n) is 12.4. The fraction of sp³-hybridized carbons (Fsp3) is 0.120. The molecule has 0 bridgehead atoms. The summed E-state index contributed by atoms with van der Waals surface area (Å²) in [6.45, 7) is 3.00. The number of benzene rings is 5. The van der Waals surface area contributed by atoms with Gasteiger partial charge in [-0.25, -0.2) is 58.6 Å². The number of nitrogens with zero attached hydrogens (tertiary/aromatic N) is 6. The van der Waals surface area contributed by atoms with Crippen LogP contribution in [0.4, 0.5) is 37.5 Å². The Morgan fingerprint density at radius 2 is 0.888 bits per heavy atom. The molecule has 6 N–H and O–H groups in total. The SMILES string of the molecule is CC(=O)c1cccnc1Cl.CC(=O)c1cccnc1Nc1ccccc1.CNOC.COC(=O)c1ccc(/C=C/C(=O)c2cccnc2Nc2ccccc2)c(F)c1.COC(=O)c1ccc(C=O)c(F)c1.CON(C)C(=O)c1cccnc1Cl.C[O-].Nc1ccccc1.O=C(O)c1cccnc1Cl.[CH3-].[Cl-].[Mg+2].[Na+]. The van der Waals surface area contributed by atoms with Gasteiger partial charge in [0.15, 0.2) is 23.6 Å². The number of hydroxylamine groups is 3. The van der Waals surface area contributed by atoms with Crippen LogP contribution >= 0.6 is 34.8 Å². The van der Waals surface area contributed by atoms with E-state index in [4.69, 9.17) is 55.6 Å². The van der Waals surface area contributed by atoms with Crippen LogP contribution in [0.5, 0.6) is 0 Å². The molecule has 0 saturated carbocycles. The standard InChI is InChI=1S/C22H17FN2O3.C13H12N2O.C9H7FO3.C8H9ClN2O2.C7H6ClNO.C6H4ClNO2.C6H7N.C2H7NO.CH3O.CH3.ClH.Mg.Na/c1-28-22(27)16-10-9-15(19(23)14-16)11-12-20(26)18-8-5-13-24-21(18)25-17-6-3-2-4-7-17;1-10(16)12-8-5-9-14-13(12)15-11-6-3-2-4-7-11;1-13-9(12)6-2-3-7(5-11)8(10)4-6;1-11(13-2)8(12)6-4-3-5-10-7(6)9;1-5(10)6-3-2-4-9-7(6)8;7-5-4(6(9)10)2-1-3-8-5;7-6-4-2-1-3-5-6;1-3-4-2;1-2;;;;/h2-14H,1H3,(H,24,25);2-9H,1H3,(H,14,15);2-5H,1H3;3-5H,1-2H3;2-4H,1H3;1-3H,(H,9,10);1-5H,7H2;3H,1-2H3;1H3;1H3;1H;;/q;;;;;;;;2*-1;;+2;+1/p-1/b12-11+;;;;;;;;;;;;. The van der Waals surface area contributed by atoms with E-state index in [1.165, 1.54) is 103 Å². The number of nitrogens with two attached hydrogens (primary N) is 1. The first kappa shape index (κ1) is 101. The summed E-state index contributed by atoms with van der Waals surface area (Å²) < 4.78 is 36.0. The topological polar surface area (TPSA) is 347 Å². The van der Waals surface area contributed by atoms with Crippen molar-refractivity contribution in [2.45, 2.75) is 13.8 Å². The number of halogens is 6. The van der Waals surface area contributed by atoms with Crippen LogP contribution in [0.2, 0.25) is 15.5 Å². The molecule has 32 heteroatoms. The van der Waals surface area contributed by atoms with E-state index in [2.05, 4.69) is 55.3 Å². The number of amides is 1. The third-order valence-corrected chi connectivity index (χ3v) is 13.3. The van der Waals surface area contributed by atoms with E-state index in [1.54, 1.807) is 81.3 Å². The molecule has 107 heavy (non-hydrogen) atoms. The van der Waals surface area contributed by atoms with Gasteiger partial charge in [0.25, 0.3) is 5.91 Å². The minimum Gasteiger partial charge on any atom is -1.00 e. The second-order valence-electron chi connectivity index (χ2n) is 19.3. The number of carboxylic acid groups (broad SMARTS) is 1. The fourth-order valence-corrected chi connectivity index (χ4v) is 7.94. The van der Waals surface area contributed by atoms with Crippen molar-refractivity contribution in [2.75, 3.05) is 66.0 Å². The number of nitrogen functional groups attached to an aromatic ring is 1. The van der Waals surface area contributed by atoms with Crippen molar-refractivity contribution < 1.29 is 118 Å². The van der Waals surface area contributed by atoms with Gasteiger partial charge in [0.1, 0.15) is 38.7 Å². The number of methoxy groups -OCH3 is 2. The van der Waals surface area contributed by atoms with Gasteiger partial charge in [0.2, 0.25) is 0 Å². The summed E-state index contributed by atoms with van der Waals surface area (Å²) in [6, 6.07) is 52.2. The first-order valence-electron chi connectivity index (χ1n) is 29.7. The maximum atomic E-state index is 14.2. The Kier molecular flexibility index (Phi) is 55.3. The maximum absolute atomic E-state index is 14.2. The van der Waals surface area contributed by atoms with E-state index in [0.29, 0.717) is 40.2 Å². The number of rotatable bonds is 16. The molecule has 554 valence electrons. The Labute approximate surface area is 678 Å². The van der Waals surface area contributed by atoms with Crippen LogP contribution in [-0.4, -0.2) is 155 Å². The van der Waals surface area contributed by atoms with Crippen molar-refractivity contribution >= 4 is 140 Å². The minimum absolute atomic E-state index is 0. The van der Waals surface area contributed by atoms with E-state index < -0.39 is 29.5 Å². The Balaban J connectivity index is -0.00000120. The number of nitrogens with one attached hydrogen (secondary N) is 3. The molecule has 10 aromatic rings. The van der Waals surface area contributed by atoms with E-state index >= 15 is 0 Å². The number of esters is 2. The number of hydrogen-bond donors (Lipinski definition) is 5. The van der Waals surface area contributed by atoms with Crippen LogP contribution in [0.1, 0.15) is 102 Å². The molecule has 1 amide bonds. The number of pyridine rings is 5. The zero-order chi connectivity index (χ0) is 76.7. The van der Waals surface area contributed by atoms with Crippen molar-refractivity contribution in [3.05, 3.63) is 310 Å². The second kappa shape index (κ2) is 58.4. The van der Waals surface area contributed by atoms with Gasteiger partial charge in [-0.1, -0.05) is 95.5 Å². The van der Waals surface area contributed by atoms with Gasteiger partial charge in [-0.15, -0.1) is 0 Å². The number of hydrogen-bond acceptors (Lipinski definition) is 22. The van der Waals surface area contributed by atoms with Crippen molar-refractivity contribution in [1.29, 1.82) is 0 Å². The second-order valence-corrected chi connectivity index (χ2v) is 20.4. The molecule has 5 heterocycles. The number of carbonyl (C=O) groups is 8. The molecule has 24 nitrogen and oxygen atoms in total. The van der Waals surface area contributed by atoms with E-state index in [9.17, 15) is 47.1 Å². The molecular formula is C75H75Cl4F2MgN10NaO14. The van der Waals surface area contributed by atoms with Gasteiger partial charge in [-0.2, -0.15) is 7.11 Å². The fourth-order valence-electron chi connectivity index (χ4n) is 7.28. The number of carboxylic acids is 1. The van der Waals surface area contributed by atoms with E-state index in [-0.39, 0.29) is 139 Å². The summed E-state index contributed by atoms with van der Waals surface area (Å²) in [4.78, 5) is 118. The molecule has 0 saturated heterocycles. The van der Waals surface area contributed by atoms with Crippen LogP contribution in [-0.2, 0) is 19.1 Å². The Morgan fingerprint density at radius 1 is 0.533 bits per heavy atom. The largest absolute Gasteiger partial charge is 2.00 e.